The van der Waals surface area contributed by atoms with Gasteiger partial charge in [0.25, 0.3) is 0 Å². The van der Waals surface area contributed by atoms with Crippen LogP contribution in [0.15, 0.2) is 41.3 Å². The number of fused-ring (bicyclic) bond motifs is 1. The molecule has 1 aliphatic carbocycles. The van der Waals surface area contributed by atoms with E-state index in [1.807, 2.05) is 36.4 Å². The Labute approximate surface area is 138 Å². The van der Waals surface area contributed by atoms with Gasteiger partial charge in [-0.3, -0.25) is 14.5 Å². The predicted molar refractivity (Wildman–Crippen MR) is 88.9 cm³/mol. The van der Waals surface area contributed by atoms with Gasteiger partial charge in [0.2, 0.25) is 16.2 Å². The summed E-state index contributed by atoms with van der Waals surface area (Å²) in [6.07, 6.45) is 2.43. The van der Waals surface area contributed by atoms with E-state index in [-0.39, 0.29) is 23.7 Å². The number of imide groups is 1. The standard InChI is InChI=1S/C16H15NO3S2/c1-20-16(21)22-11-7-12-13(8-11)15(19)17(14(12)18)9-10-5-3-2-4-6-10/h2-7,12-13H,8-9H2,1H3/t12-,13+/m1/s1. The molecule has 0 spiro atoms. The van der Waals surface area contributed by atoms with Crippen molar-refractivity contribution in [1.29, 1.82) is 0 Å². The van der Waals surface area contributed by atoms with Gasteiger partial charge in [0.05, 0.1) is 25.5 Å². The lowest BCUT2D eigenvalue weighted by Gasteiger charge is -2.15. The van der Waals surface area contributed by atoms with Gasteiger partial charge in [-0.2, -0.15) is 0 Å². The zero-order chi connectivity index (χ0) is 15.7. The molecule has 0 aromatic heterocycles. The Hall–Kier alpha value is -1.66. The highest BCUT2D eigenvalue weighted by molar-refractivity contribution is 8.25. The first-order chi connectivity index (χ1) is 10.6. The monoisotopic (exact) mass is 333 g/mol. The van der Waals surface area contributed by atoms with E-state index in [4.69, 9.17) is 17.0 Å². The summed E-state index contributed by atoms with van der Waals surface area (Å²) < 4.78 is 5.37. The van der Waals surface area contributed by atoms with E-state index >= 15 is 0 Å². The molecule has 2 amide bonds. The third kappa shape index (κ3) is 2.80. The van der Waals surface area contributed by atoms with Gasteiger partial charge in [0.15, 0.2) is 0 Å². The van der Waals surface area contributed by atoms with Crippen LogP contribution in [0, 0.1) is 11.8 Å². The highest BCUT2D eigenvalue weighted by atomic mass is 32.2. The van der Waals surface area contributed by atoms with E-state index in [9.17, 15) is 9.59 Å². The molecule has 1 saturated heterocycles. The van der Waals surface area contributed by atoms with Crippen LogP contribution in [0.2, 0.25) is 0 Å². The maximum absolute atomic E-state index is 12.5. The summed E-state index contributed by atoms with van der Waals surface area (Å²) in [5, 5.41) is 0. The van der Waals surface area contributed by atoms with Gasteiger partial charge in [-0.15, -0.1) is 0 Å². The van der Waals surface area contributed by atoms with E-state index in [0.29, 0.717) is 17.3 Å². The Morgan fingerprint density at radius 2 is 2.05 bits per heavy atom. The normalized spacial score (nSPS) is 23.5. The van der Waals surface area contributed by atoms with E-state index in [1.165, 1.54) is 23.8 Å². The number of hydrogen-bond acceptors (Lipinski definition) is 5. The second-order valence-corrected chi connectivity index (χ2v) is 7.00. The summed E-state index contributed by atoms with van der Waals surface area (Å²) in [6, 6.07) is 9.56. The van der Waals surface area contributed by atoms with Crippen molar-refractivity contribution in [2.75, 3.05) is 7.11 Å². The van der Waals surface area contributed by atoms with Gasteiger partial charge < -0.3 is 4.74 Å². The molecule has 4 nitrogen and oxygen atoms in total. The summed E-state index contributed by atoms with van der Waals surface area (Å²) in [5.41, 5.74) is 0.961. The fourth-order valence-corrected chi connectivity index (χ4v) is 3.94. The summed E-state index contributed by atoms with van der Waals surface area (Å²) in [6.45, 7) is 0.346. The molecule has 22 heavy (non-hydrogen) atoms. The number of amides is 2. The molecular formula is C16H15NO3S2. The summed E-state index contributed by atoms with van der Waals surface area (Å²) in [4.78, 5) is 27.3. The molecule has 0 N–H and O–H groups in total. The van der Waals surface area contributed by atoms with Crippen LogP contribution in [0.3, 0.4) is 0 Å². The maximum atomic E-state index is 12.5. The lowest BCUT2D eigenvalue weighted by atomic mass is 9.99. The Morgan fingerprint density at radius 1 is 1.32 bits per heavy atom. The number of rotatable bonds is 3. The van der Waals surface area contributed by atoms with Gasteiger partial charge in [0.1, 0.15) is 0 Å². The van der Waals surface area contributed by atoms with Gasteiger partial charge >= 0.3 is 0 Å². The van der Waals surface area contributed by atoms with Crippen LogP contribution in [0.1, 0.15) is 12.0 Å². The van der Waals surface area contributed by atoms with E-state index in [1.54, 1.807) is 0 Å². The van der Waals surface area contributed by atoms with Gasteiger partial charge in [-0.05, 0) is 40.9 Å². The highest BCUT2D eigenvalue weighted by Gasteiger charge is 2.49. The largest absolute Gasteiger partial charge is 0.482 e. The van der Waals surface area contributed by atoms with Crippen molar-refractivity contribution in [3.63, 3.8) is 0 Å². The number of benzene rings is 1. The Morgan fingerprint density at radius 3 is 2.68 bits per heavy atom. The maximum Gasteiger partial charge on any atom is 0.237 e. The quantitative estimate of drug-likeness (QED) is 0.629. The van der Waals surface area contributed by atoms with Crippen LogP contribution in [0.25, 0.3) is 0 Å². The number of nitrogens with zero attached hydrogens (tertiary/aromatic N) is 1. The van der Waals surface area contributed by atoms with Crippen LogP contribution in [-0.2, 0) is 20.9 Å². The molecule has 1 heterocycles. The molecule has 2 atom stereocenters. The molecular weight excluding hydrogens is 318 g/mol. The number of carbonyl (C=O) groups excluding carboxylic acids is 2. The fraction of sp³-hybridized carbons (Fsp3) is 0.312. The molecule has 1 aliphatic heterocycles. The van der Waals surface area contributed by atoms with E-state index in [2.05, 4.69) is 0 Å². The average molecular weight is 333 g/mol. The lowest BCUT2D eigenvalue weighted by molar-refractivity contribution is -0.140. The SMILES string of the molecule is COC(=S)SC1=C[C@H]2C(=O)N(Cc3ccccc3)C(=O)[C@H]2C1. The van der Waals surface area contributed by atoms with Crippen molar-refractivity contribution < 1.29 is 14.3 Å². The third-order valence-electron chi connectivity index (χ3n) is 3.92. The van der Waals surface area contributed by atoms with Crippen LogP contribution < -0.4 is 0 Å². The number of carbonyl (C=O) groups is 2. The number of hydrogen-bond donors (Lipinski definition) is 0. The number of allylic oxidation sites excluding steroid dienone is 1. The van der Waals surface area contributed by atoms with E-state index in [0.717, 1.165) is 10.5 Å². The smallest absolute Gasteiger partial charge is 0.237 e. The minimum atomic E-state index is -0.349. The molecule has 1 fully saturated rings. The Bertz CT molecular complexity index is 657. The molecule has 3 rings (SSSR count). The summed E-state index contributed by atoms with van der Waals surface area (Å²) in [7, 11) is 1.52. The summed E-state index contributed by atoms with van der Waals surface area (Å²) in [5.74, 6) is -0.830. The van der Waals surface area contributed by atoms with Gasteiger partial charge in [-0.25, -0.2) is 0 Å². The number of thiocarbonyl (C=S) groups is 1. The third-order valence-corrected chi connectivity index (χ3v) is 5.23. The van der Waals surface area contributed by atoms with Crippen molar-refractivity contribution in [2.45, 2.75) is 13.0 Å². The minimum absolute atomic E-state index is 0.0889. The molecule has 0 saturated carbocycles. The molecule has 114 valence electrons. The molecule has 6 heteroatoms. The lowest BCUT2D eigenvalue weighted by Crippen LogP contribution is -2.30. The van der Waals surface area contributed by atoms with Crippen molar-refractivity contribution >= 4 is 40.2 Å². The molecule has 0 unspecified atom stereocenters. The first kappa shape index (κ1) is 15.2. The van der Waals surface area contributed by atoms with E-state index < -0.39 is 0 Å². The molecule has 1 aromatic rings. The van der Waals surface area contributed by atoms with Crippen molar-refractivity contribution in [3.05, 3.63) is 46.9 Å². The fourth-order valence-electron chi connectivity index (χ4n) is 2.85. The Kier molecular flexibility index (Phi) is 4.31. The second-order valence-electron chi connectivity index (χ2n) is 5.27. The van der Waals surface area contributed by atoms with Gasteiger partial charge in [-0.1, -0.05) is 36.4 Å². The highest BCUT2D eigenvalue weighted by Crippen LogP contribution is 2.43. The van der Waals surface area contributed by atoms with Crippen LogP contribution in [0.5, 0.6) is 0 Å². The minimum Gasteiger partial charge on any atom is -0.482 e. The molecule has 2 aliphatic rings. The number of methoxy groups -OCH3 is 1. The molecule has 0 bridgehead atoms. The first-order valence-corrected chi connectivity index (χ1v) is 8.18. The molecule has 1 aromatic carbocycles. The van der Waals surface area contributed by atoms with Crippen molar-refractivity contribution in [1.82, 2.24) is 4.90 Å². The zero-order valence-corrected chi connectivity index (χ0v) is 13.7. The van der Waals surface area contributed by atoms with Crippen molar-refractivity contribution in [3.8, 4) is 0 Å². The second kappa shape index (κ2) is 6.22. The average Bonchev–Trinajstić information content (AvgIpc) is 3.03. The topological polar surface area (TPSA) is 46.6 Å². The van der Waals surface area contributed by atoms with Crippen LogP contribution >= 0.6 is 24.0 Å². The first-order valence-electron chi connectivity index (χ1n) is 6.96. The molecule has 0 radical (unpaired) electrons. The number of ether oxygens (including phenoxy) is 1. The van der Waals surface area contributed by atoms with Crippen LogP contribution in [0.4, 0.5) is 0 Å². The number of thioether (sulfide) groups is 1. The van der Waals surface area contributed by atoms with Crippen molar-refractivity contribution in [2.24, 2.45) is 11.8 Å². The predicted octanol–water partition coefficient (Wildman–Crippen LogP) is 2.74. The Balaban J connectivity index is 1.73. The van der Waals surface area contributed by atoms with Gasteiger partial charge in [0, 0.05) is 0 Å². The van der Waals surface area contributed by atoms with Crippen LogP contribution in [-0.4, -0.2) is 28.2 Å². The zero-order valence-electron chi connectivity index (χ0n) is 12.0. The number of likely N-dealkylation sites (tertiary alicyclic amines) is 1. The summed E-state index contributed by atoms with van der Waals surface area (Å²) >= 11 is 6.33.